The van der Waals surface area contributed by atoms with Crippen molar-refractivity contribution in [2.24, 2.45) is 5.10 Å². The van der Waals surface area contributed by atoms with Crippen LogP contribution in [0.4, 0.5) is 5.69 Å². The summed E-state index contributed by atoms with van der Waals surface area (Å²) >= 11 is 1.12. The maximum Gasteiger partial charge on any atom is 0.271 e. The molecule has 0 aliphatic heterocycles. The maximum absolute atomic E-state index is 12.2. The van der Waals surface area contributed by atoms with Crippen LogP contribution in [-0.2, 0) is 10.0 Å². The topological polar surface area (TPSA) is 108 Å². The first-order valence-corrected chi connectivity index (χ1v) is 10.1. The molecule has 0 radical (unpaired) electrons. The standard InChI is InChI=1S/C18H15N3O4S2/c22-16-9-3-13(4-10-16)12-19-20-18(23)14-5-7-15(8-6-14)21-27(24,25)17-2-1-11-26-17/h1-12,21-22H,(H,20,23)/b19-12+. The van der Waals surface area contributed by atoms with Crippen LogP contribution in [-0.4, -0.2) is 25.6 Å². The van der Waals surface area contributed by atoms with Gasteiger partial charge in [0.1, 0.15) is 9.96 Å². The van der Waals surface area contributed by atoms with Crippen LogP contribution in [0.25, 0.3) is 0 Å². The van der Waals surface area contributed by atoms with E-state index < -0.39 is 15.9 Å². The summed E-state index contributed by atoms with van der Waals surface area (Å²) in [7, 11) is -3.62. The largest absolute Gasteiger partial charge is 0.508 e. The van der Waals surface area contributed by atoms with Gasteiger partial charge in [-0.05, 0) is 65.5 Å². The average Bonchev–Trinajstić information content (AvgIpc) is 3.19. The molecule has 7 nitrogen and oxygen atoms in total. The van der Waals surface area contributed by atoms with E-state index in [0.717, 1.165) is 11.3 Å². The second-order valence-electron chi connectivity index (χ2n) is 5.41. The van der Waals surface area contributed by atoms with Gasteiger partial charge in [0.15, 0.2) is 0 Å². The number of aromatic hydroxyl groups is 1. The van der Waals surface area contributed by atoms with Crippen LogP contribution in [0.15, 0.2) is 75.4 Å². The molecule has 3 N–H and O–H groups in total. The van der Waals surface area contributed by atoms with Gasteiger partial charge in [-0.3, -0.25) is 9.52 Å². The number of rotatable bonds is 6. The van der Waals surface area contributed by atoms with Crippen molar-refractivity contribution in [2.75, 3.05) is 4.72 Å². The van der Waals surface area contributed by atoms with Crippen molar-refractivity contribution in [1.29, 1.82) is 0 Å². The van der Waals surface area contributed by atoms with E-state index in [1.165, 1.54) is 48.7 Å². The quantitative estimate of drug-likeness (QED) is 0.436. The fourth-order valence-electron chi connectivity index (χ4n) is 2.10. The highest BCUT2D eigenvalue weighted by molar-refractivity contribution is 7.94. The maximum atomic E-state index is 12.2. The molecule has 0 aliphatic carbocycles. The smallest absolute Gasteiger partial charge is 0.271 e. The molecule has 3 rings (SSSR count). The lowest BCUT2D eigenvalue weighted by molar-refractivity contribution is 0.0955. The molecule has 27 heavy (non-hydrogen) atoms. The van der Waals surface area contributed by atoms with Crippen molar-refractivity contribution in [3.8, 4) is 5.75 Å². The number of hydrazone groups is 1. The number of phenols is 1. The Kier molecular flexibility index (Phi) is 5.53. The number of benzene rings is 2. The van der Waals surface area contributed by atoms with E-state index in [0.29, 0.717) is 16.8 Å². The van der Waals surface area contributed by atoms with Crippen LogP contribution in [0.1, 0.15) is 15.9 Å². The van der Waals surface area contributed by atoms with Gasteiger partial charge in [0.05, 0.1) is 6.21 Å². The number of hydrogen-bond acceptors (Lipinski definition) is 6. The molecule has 0 fully saturated rings. The molecule has 0 spiro atoms. The molecule has 1 heterocycles. The van der Waals surface area contributed by atoms with Crippen molar-refractivity contribution in [3.05, 3.63) is 77.2 Å². The summed E-state index contributed by atoms with van der Waals surface area (Å²) in [5.41, 5.74) is 3.78. The van der Waals surface area contributed by atoms with E-state index in [1.54, 1.807) is 23.6 Å². The molecule has 3 aromatic rings. The van der Waals surface area contributed by atoms with Crippen molar-refractivity contribution in [2.45, 2.75) is 4.21 Å². The first-order chi connectivity index (χ1) is 12.9. The predicted molar refractivity (Wildman–Crippen MR) is 105 cm³/mol. The number of carbonyl (C=O) groups is 1. The predicted octanol–water partition coefficient (Wildman–Crippen LogP) is 3.02. The highest BCUT2D eigenvalue weighted by atomic mass is 32.2. The number of nitrogens with zero attached hydrogens (tertiary/aromatic N) is 1. The minimum Gasteiger partial charge on any atom is -0.508 e. The van der Waals surface area contributed by atoms with Gasteiger partial charge in [-0.25, -0.2) is 13.8 Å². The van der Waals surface area contributed by atoms with Gasteiger partial charge in [-0.2, -0.15) is 5.10 Å². The molecule has 0 bridgehead atoms. The van der Waals surface area contributed by atoms with Crippen LogP contribution >= 0.6 is 11.3 Å². The molecular formula is C18H15N3O4S2. The first kappa shape index (κ1) is 18.6. The second-order valence-corrected chi connectivity index (χ2v) is 8.26. The summed E-state index contributed by atoms with van der Waals surface area (Å²) in [5, 5.41) is 14.7. The Labute approximate surface area is 160 Å². The van der Waals surface area contributed by atoms with Crippen molar-refractivity contribution in [3.63, 3.8) is 0 Å². The van der Waals surface area contributed by atoms with Gasteiger partial charge in [0.2, 0.25) is 0 Å². The van der Waals surface area contributed by atoms with E-state index >= 15 is 0 Å². The number of amides is 1. The minimum absolute atomic E-state index is 0.144. The number of sulfonamides is 1. The van der Waals surface area contributed by atoms with Gasteiger partial charge in [-0.15, -0.1) is 11.3 Å². The normalized spacial score (nSPS) is 11.4. The van der Waals surface area contributed by atoms with E-state index in [4.69, 9.17) is 0 Å². The molecule has 0 saturated carbocycles. The first-order valence-electron chi connectivity index (χ1n) is 7.73. The summed E-state index contributed by atoms with van der Waals surface area (Å²) in [6.45, 7) is 0. The van der Waals surface area contributed by atoms with E-state index in [-0.39, 0.29) is 9.96 Å². The Morgan fingerprint density at radius 2 is 1.74 bits per heavy atom. The van der Waals surface area contributed by atoms with Crippen LogP contribution in [0.5, 0.6) is 5.75 Å². The number of carbonyl (C=O) groups excluding carboxylic acids is 1. The van der Waals surface area contributed by atoms with Crippen LogP contribution < -0.4 is 10.1 Å². The third-order valence-electron chi connectivity index (χ3n) is 3.43. The van der Waals surface area contributed by atoms with E-state index in [2.05, 4.69) is 15.2 Å². The molecule has 0 unspecified atom stereocenters. The Bertz CT molecular complexity index is 1040. The molecule has 0 atom stereocenters. The summed E-state index contributed by atoms with van der Waals surface area (Å²) in [5.74, 6) is -0.288. The number of thiophene rings is 1. The van der Waals surface area contributed by atoms with Crippen molar-refractivity contribution in [1.82, 2.24) is 5.43 Å². The van der Waals surface area contributed by atoms with Crippen molar-refractivity contribution >= 4 is 39.2 Å². The SMILES string of the molecule is O=C(N/N=C/c1ccc(O)cc1)c1ccc(NS(=O)(=O)c2cccs2)cc1. The number of hydrogen-bond donors (Lipinski definition) is 3. The summed E-state index contributed by atoms with van der Waals surface area (Å²) in [4.78, 5) is 12.1. The Morgan fingerprint density at radius 3 is 2.37 bits per heavy atom. The molecule has 0 saturated heterocycles. The summed E-state index contributed by atoms with van der Waals surface area (Å²) < 4.78 is 27.0. The second kappa shape index (κ2) is 8.02. The Balaban J connectivity index is 1.61. The molecule has 1 aromatic heterocycles. The number of nitrogens with one attached hydrogen (secondary N) is 2. The van der Waals surface area contributed by atoms with Gasteiger partial charge < -0.3 is 5.11 Å². The van der Waals surface area contributed by atoms with Crippen LogP contribution in [0.2, 0.25) is 0 Å². The molecule has 1 amide bonds. The number of phenolic OH excluding ortho intramolecular Hbond substituents is 1. The van der Waals surface area contributed by atoms with Crippen molar-refractivity contribution < 1.29 is 18.3 Å². The minimum atomic E-state index is -3.62. The zero-order chi connectivity index (χ0) is 19.3. The molecule has 0 aliphatic rings. The van der Waals surface area contributed by atoms with E-state index in [9.17, 15) is 18.3 Å². The fraction of sp³-hybridized carbons (Fsp3) is 0. The highest BCUT2D eigenvalue weighted by Crippen LogP contribution is 2.20. The summed E-state index contributed by atoms with van der Waals surface area (Å²) in [6.07, 6.45) is 1.45. The van der Waals surface area contributed by atoms with Crippen LogP contribution in [0.3, 0.4) is 0 Å². The summed E-state index contributed by atoms with van der Waals surface area (Å²) in [6, 6.07) is 15.5. The molecule has 138 valence electrons. The van der Waals surface area contributed by atoms with Gasteiger partial charge in [-0.1, -0.05) is 6.07 Å². The lowest BCUT2D eigenvalue weighted by Crippen LogP contribution is -2.17. The number of anilines is 1. The molecule has 2 aromatic carbocycles. The fourth-order valence-corrected chi connectivity index (χ4v) is 4.15. The lowest BCUT2D eigenvalue weighted by atomic mass is 10.2. The van der Waals surface area contributed by atoms with Gasteiger partial charge in [0.25, 0.3) is 15.9 Å². The monoisotopic (exact) mass is 401 g/mol. The average molecular weight is 401 g/mol. The van der Waals surface area contributed by atoms with Gasteiger partial charge in [0, 0.05) is 11.3 Å². The third kappa shape index (κ3) is 4.93. The van der Waals surface area contributed by atoms with E-state index in [1.807, 2.05) is 0 Å². The van der Waals surface area contributed by atoms with Crippen LogP contribution in [0, 0.1) is 0 Å². The molecule has 9 heteroatoms. The van der Waals surface area contributed by atoms with Gasteiger partial charge >= 0.3 is 0 Å². The third-order valence-corrected chi connectivity index (χ3v) is 6.21. The Hall–Kier alpha value is -3.17. The Morgan fingerprint density at radius 1 is 1.04 bits per heavy atom. The molecular weight excluding hydrogens is 386 g/mol. The zero-order valence-corrected chi connectivity index (χ0v) is 15.5. The highest BCUT2D eigenvalue weighted by Gasteiger charge is 2.15. The zero-order valence-electron chi connectivity index (χ0n) is 13.9. The lowest BCUT2D eigenvalue weighted by Gasteiger charge is -2.07.